The Morgan fingerprint density at radius 3 is 2.22 bits per heavy atom. The molecule has 0 spiro atoms. The van der Waals surface area contributed by atoms with Crippen molar-refractivity contribution in [1.29, 1.82) is 0 Å². The monoisotopic (exact) mass is 254 g/mol. The lowest BCUT2D eigenvalue weighted by Crippen LogP contribution is -2.21. The number of allylic oxidation sites excluding steroid dienone is 1. The molecule has 0 aliphatic heterocycles. The molecular weight excluding hydrogens is 220 g/mol. The van der Waals surface area contributed by atoms with E-state index in [1.54, 1.807) is 0 Å². The molecule has 0 fully saturated rings. The van der Waals surface area contributed by atoms with Gasteiger partial charge in [0.2, 0.25) is 0 Å². The zero-order chi connectivity index (χ0) is 13.3. The van der Waals surface area contributed by atoms with Crippen molar-refractivity contribution in [2.75, 3.05) is 26.2 Å². The van der Waals surface area contributed by atoms with Crippen LogP contribution in [0.5, 0.6) is 0 Å². The van der Waals surface area contributed by atoms with Crippen molar-refractivity contribution in [1.82, 2.24) is 10.6 Å². The van der Waals surface area contributed by atoms with Crippen molar-refractivity contribution in [3.05, 3.63) is 12.2 Å². The lowest BCUT2D eigenvalue weighted by molar-refractivity contribution is 0.610. The highest BCUT2D eigenvalue weighted by molar-refractivity contribution is 4.83. The highest BCUT2D eigenvalue weighted by Crippen LogP contribution is 2.06. The van der Waals surface area contributed by atoms with E-state index < -0.39 is 0 Å². The van der Waals surface area contributed by atoms with Crippen LogP contribution in [0.3, 0.4) is 0 Å². The molecule has 0 bridgehead atoms. The normalized spacial score (nSPS) is 11.4. The molecule has 0 aliphatic carbocycles. The van der Waals surface area contributed by atoms with E-state index in [1.807, 2.05) is 0 Å². The Kier molecular flexibility index (Phi) is 16.3. The van der Waals surface area contributed by atoms with Crippen molar-refractivity contribution in [2.24, 2.45) is 0 Å². The van der Waals surface area contributed by atoms with Gasteiger partial charge in [0.25, 0.3) is 0 Å². The molecule has 2 N–H and O–H groups in total. The Labute approximate surface area is 115 Å². The van der Waals surface area contributed by atoms with Gasteiger partial charge in [-0.2, -0.15) is 0 Å². The van der Waals surface area contributed by atoms with E-state index >= 15 is 0 Å². The van der Waals surface area contributed by atoms with Gasteiger partial charge < -0.3 is 10.6 Å². The summed E-state index contributed by atoms with van der Waals surface area (Å²) in [4.78, 5) is 0. The summed E-state index contributed by atoms with van der Waals surface area (Å²) in [6.07, 6.45) is 15.5. The van der Waals surface area contributed by atoms with Crippen molar-refractivity contribution in [3.8, 4) is 0 Å². The maximum absolute atomic E-state index is 3.44. The zero-order valence-corrected chi connectivity index (χ0v) is 12.6. The second kappa shape index (κ2) is 16.7. The SMILES string of the molecule is CCCCCCCC/C=C/CNCCCNCC. The van der Waals surface area contributed by atoms with Gasteiger partial charge >= 0.3 is 0 Å². The van der Waals surface area contributed by atoms with Crippen molar-refractivity contribution < 1.29 is 0 Å². The average Bonchev–Trinajstić information content (AvgIpc) is 2.39. The first kappa shape index (κ1) is 17.7. The molecule has 0 aromatic carbocycles. The molecule has 0 unspecified atom stereocenters. The second-order valence-electron chi connectivity index (χ2n) is 4.94. The van der Waals surface area contributed by atoms with Gasteiger partial charge in [-0.05, 0) is 38.9 Å². The van der Waals surface area contributed by atoms with E-state index in [0.717, 1.165) is 26.2 Å². The third kappa shape index (κ3) is 15.7. The van der Waals surface area contributed by atoms with Crippen LogP contribution in [-0.2, 0) is 0 Å². The molecule has 0 atom stereocenters. The number of hydrogen-bond acceptors (Lipinski definition) is 2. The predicted octanol–water partition coefficient (Wildman–Crippen LogP) is 3.88. The molecule has 0 aromatic heterocycles. The first-order valence-electron chi connectivity index (χ1n) is 7.98. The fourth-order valence-corrected chi connectivity index (χ4v) is 1.94. The topological polar surface area (TPSA) is 24.1 Å². The fraction of sp³-hybridized carbons (Fsp3) is 0.875. The maximum Gasteiger partial charge on any atom is 0.0134 e. The van der Waals surface area contributed by atoms with Crippen LogP contribution in [0.1, 0.15) is 65.2 Å². The largest absolute Gasteiger partial charge is 0.317 e. The number of nitrogens with one attached hydrogen (secondary N) is 2. The lowest BCUT2D eigenvalue weighted by atomic mass is 10.1. The van der Waals surface area contributed by atoms with Gasteiger partial charge in [-0.1, -0.05) is 58.1 Å². The Balaban J connectivity index is 3.00. The van der Waals surface area contributed by atoms with Crippen LogP contribution >= 0.6 is 0 Å². The quantitative estimate of drug-likeness (QED) is 0.363. The molecule has 18 heavy (non-hydrogen) atoms. The Morgan fingerprint density at radius 1 is 0.722 bits per heavy atom. The smallest absolute Gasteiger partial charge is 0.0134 e. The summed E-state index contributed by atoms with van der Waals surface area (Å²) in [5, 5.41) is 6.77. The van der Waals surface area contributed by atoms with Gasteiger partial charge in [0, 0.05) is 6.54 Å². The first-order chi connectivity index (χ1) is 8.91. The Bertz CT molecular complexity index is 148. The second-order valence-corrected chi connectivity index (χ2v) is 4.94. The van der Waals surface area contributed by atoms with E-state index in [4.69, 9.17) is 0 Å². The van der Waals surface area contributed by atoms with Crippen molar-refractivity contribution in [2.45, 2.75) is 65.2 Å². The molecule has 2 heteroatoms. The molecule has 2 nitrogen and oxygen atoms in total. The van der Waals surface area contributed by atoms with Gasteiger partial charge in [-0.15, -0.1) is 0 Å². The van der Waals surface area contributed by atoms with E-state index in [9.17, 15) is 0 Å². The maximum atomic E-state index is 3.44. The standard InChI is InChI=1S/C16H34N2/c1-3-5-6-7-8-9-10-11-12-14-18-16-13-15-17-4-2/h11-12,17-18H,3-10,13-16H2,1-2H3/b12-11+. The first-order valence-corrected chi connectivity index (χ1v) is 7.98. The highest BCUT2D eigenvalue weighted by Gasteiger charge is 1.88. The summed E-state index contributed by atoms with van der Waals surface area (Å²) in [5.74, 6) is 0. The third-order valence-corrected chi connectivity index (χ3v) is 3.11. The summed E-state index contributed by atoms with van der Waals surface area (Å²) in [7, 11) is 0. The molecule has 108 valence electrons. The lowest BCUT2D eigenvalue weighted by Gasteiger charge is -2.02. The van der Waals surface area contributed by atoms with Crippen LogP contribution in [0.25, 0.3) is 0 Å². The van der Waals surface area contributed by atoms with E-state index in [0.29, 0.717) is 0 Å². The van der Waals surface area contributed by atoms with Crippen LogP contribution in [0.15, 0.2) is 12.2 Å². The van der Waals surface area contributed by atoms with E-state index in [2.05, 4.69) is 36.6 Å². The average molecular weight is 254 g/mol. The molecule has 0 amide bonds. The molecule has 0 aromatic rings. The van der Waals surface area contributed by atoms with E-state index in [1.165, 1.54) is 51.4 Å². The highest BCUT2D eigenvalue weighted by atomic mass is 14.9. The summed E-state index contributed by atoms with van der Waals surface area (Å²) in [5.41, 5.74) is 0. The minimum Gasteiger partial charge on any atom is -0.317 e. The fourth-order valence-electron chi connectivity index (χ4n) is 1.94. The third-order valence-electron chi connectivity index (χ3n) is 3.11. The molecular formula is C16H34N2. The van der Waals surface area contributed by atoms with Crippen LogP contribution < -0.4 is 10.6 Å². The predicted molar refractivity (Wildman–Crippen MR) is 83.2 cm³/mol. The van der Waals surface area contributed by atoms with Crippen LogP contribution in [-0.4, -0.2) is 26.2 Å². The molecule has 0 radical (unpaired) electrons. The van der Waals surface area contributed by atoms with Gasteiger partial charge in [0.15, 0.2) is 0 Å². The molecule has 0 rings (SSSR count). The Morgan fingerprint density at radius 2 is 1.44 bits per heavy atom. The summed E-state index contributed by atoms with van der Waals surface area (Å²) in [6, 6.07) is 0. The van der Waals surface area contributed by atoms with Crippen LogP contribution in [0, 0.1) is 0 Å². The summed E-state index contributed by atoms with van der Waals surface area (Å²) >= 11 is 0. The minimum absolute atomic E-state index is 1.03. The van der Waals surface area contributed by atoms with Gasteiger partial charge in [0.1, 0.15) is 0 Å². The molecule has 0 heterocycles. The van der Waals surface area contributed by atoms with Crippen molar-refractivity contribution in [3.63, 3.8) is 0 Å². The van der Waals surface area contributed by atoms with Gasteiger partial charge in [-0.3, -0.25) is 0 Å². The van der Waals surface area contributed by atoms with Crippen LogP contribution in [0.2, 0.25) is 0 Å². The van der Waals surface area contributed by atoms with Gasteiger partial charge in [0.05, 0.1) is 0 Å². The molecule has 0 aliphatic rings. The van der Waals surface area contributed by atoms with Gasteiger partial charge in [-0.25, -0.2) is 0 Å². The molecule has 0 saturated carbocycles. The molecule has 0 saturated heterocycles. The zero-order valence-electron chi connectivity index (χ0n) is 12.6. The van der Waals surface area contributed by atoms with Crippen LogP contribution in [0.4, 0.5) is 0 Å². The summed E-state index contributed by atoms with van der Waals surface area (Å²) < 4.78 is 0. The number of hydrogen-bond donors (Lipinski definition) is 2. The summed E-state index contributed by atoms with van der Waals surface area (Å²) in [6.45, 7) is 8.78. The minimum atomic E-state index is 1.03. The Hall–Kier alpha value is -0.340. The number of rotatable bonds is 14. The van der Waals surface area contributed by atoms with E-state index in [-0.39, 0.29) is 0 Å². The number of unbranched alkanes of at least 4 members (excludes halogenated alkanes) is 6. The van der Waals surface area contributed by atoms with Crippen molar-refractivity contribution >= 4 is 0 Å².